The minimum absolute atomic E-state index is 0.194. The van der Waals surface area contributed by atoms with Crippen LogP contribution in [0.1, 0.15) is 20.8 Å². The van der Waals surface area contributed by atoms with Gasteiger partial charge in [0.15, 0.2) is 23.0 Å². The number of aromatic nitrogens is 2. The molecule has 8 heteroatoms. The monoisotopic (exact) mass is 366 g/mol. The summed E-state index contributed by atoms with van der Waals surface area (Å²) >= 11 is 0. The molecule has 0 amide bonds. The predicted octanol–water partition coefficient (Wildman–Crippen LogP) is 1.75. The van der Waals surface area contributed by atoms with Crippen molar-refractivity contribution in [3.05, 3.63) is 64.1 Å². The van der Waals surface area contributed by atoms with Crippen LogP contribution in [0.3, 0.4) is 0 Å². The van der Waals surface area contributed by atoms with E-state index < -0.39 is 17.3 Å². The Hall–Kier alpha value is -3.68. The van der Waals surface area contributed by atoms with Crippen LogP contribution in [-0.4, -0.2) is 39.9 Å². The van der Waals surface area contributed by atoms with Gasteiger partial charge in [-0.15, -0.1) is 0 Å². The fourth-order valence-electron chi connectivity index (χ4n) is 2.94. The molecule has 2 heterocycles. The minimum atomic E-state index is -1.27. The summed E-state index contributed by atoms with van der Waals surface area (Å²) in [6.45, 7) is 0.441. The van der Waals surface area contributed by atoms with E-state index in [1.807, 2.05) is 0 Å². The van der Waals surface area contributed by atoms with Crippen molar-refractivity contribution in [2.24, 2.45) is 0 Å². The Morgan fingerprint density at radius 3 is 2.48 bits per heavy atom. The molecule has 0 aliphatic carbocycles. The van der Waals surface area contributed by atoms with E-state index in [2.05, 4.69) is 5.10 Å². The summed E-state index contributed by atoms with van der Waals surface area (Å²) < 4.78 is 11.8. The number of benzene rings is 2. The summed E-state index contributed by atoms with van der Waals surface area (Å²) in [5.41, 5.74) is -0.486. The van der Waals surface area contributed by atoms with Gasteiger partial charge >= 0.3 is 5.97 Å². The van der Waals surface area contributed by atoms with Gasteiger partial charge in [0.05, 0.1) is 5.39 Å². The third kappa shape index (κ3) is 3.01. The maximum atomic E-state index is 12.6. The molecule has 1 N–H and O–H groups in total. The van der Waals surface area contributed by atoms with Gasteiger partial charge in [-0.3, -0.25) is 9.59 Å². The zero-order valence-corrected chi connectivity index (χ0v) is 14.0. The highest BCUT2D eigenvalue weighted by Gasteiger charge is 2.19. The number of ketones is 1. The maximum Gasteiger partial charge on any atom is 0.357 e. The van der Waals surface area contributed by atoms with Crippen molar-refractivity contribution in [2.75, 3.05) is 13.2 Å². The average Bonchev–Trinajstić information content (AvgIpc) is 2.69. The van der Waals surface area contributed by atoms with Crippen LogP contribution in [0.15, 0.2) is 47.3 Å². The summed E-state index contributed by atoms with van der Waals surface area (Å²) in [5, 5.41) is 13.7. The zero-order valence-electron chi connectivity index (χ0n) is 14.0. The van der Waals surface area contributed by atoms with Crippen molar-refractivity contribution < 1.29 is 24.2 Å². The fourth-order valence-corrected chi connectivity index (χ4v) is 2.94. The largest absolute Gasteiger partial charge is 0.486 e. The Morgan fingerprint density at radius 1 is 1.04 bits per heavy atom. The van der Waals surface area contributed by atoms with Crippen molar-refractivity contribution in [3.63, 3.8) is 0 Å². The van der Waals surface area contributed by atoms with E-state index in [-0.39, 0.29) is 23.0 Å². The molecular weight excluding hydrogens is 352 g/mol. The summed E-state index contributed by atoms with van der Waals surface area (Å²) in [6, 6.07) is 11.0. The van der Waals surface area contributed by atoms with E-state index in [0.717, 1.165) is 4.68 Å². The van der Waals surface area contributed by atoms with Gasteiger partial charge in [-0.25, -0.2) is 9.48 Å². The lowest BCUT2D eigenvalue weighted by Gasteiger charge is -2.18. The summed E-state index contributed by atoms with van der Waals surface area (Å²) in [6.07, 6.45) is 0. The molecule has 0 spiro atoms. The number of hydrogen-bond acceptors (Lipinski definition) is 6. The lowest BCUT2D eigenvalue weighted by molar-refractivity contribution is 0.0688. The molecule has 3 aromatic rings. The SMILES string of the molecule is O=C(Cn1nc(C(=O)O)c2ccccc2c1=O)c1ccc2c(c1)OCCO2. The van der Waals surface area contributed by atoms with Crippen LogP contribution >= 0.6 is 0 Å². The first-order valence-corrected chi connectivity index (χ1v) is 8.20. The second-order valence-electron chi connectivity index (χ2n) is 5.94. The Bertz CT molecular complexity index is 1130. The summed E-state index contributed by atoms with van der Waals surface area (Å²) in [7, 11) is 0. The van der Waals surface area contributed by atoms with Gasteiger partial charge in [0.2, 0.25) is 0 Å². The van der Waals surface area contributed by atoms with Gasteiger partial charge in [0.25, 0.3) is 5.56 Å². The molecular formula is C19H14N2O6. The van der Waals surface area contributed by atoms with Crippen LogP contribution in [0.4, 0.5) is 0 Å². The van der Waals surface area contributed by atoms with E-state index in [4.69, 9.17) is 9.47 Å². The topological polar surface area (TPSA) is 108 Å². The number of Topliss-reactive ketones (excluding diaryl/α,β-unsaturated/α-hetero) is 1. The standard InChI is InChI=1S/C19H14N2O6/c22-14(11-5-6-15-16(9-11)27-8-7-26-15)10-21-18(23)13-4-2-1-3-12(13)17(20-21)19(24)25/h1-6,9H,7-8,10H2,(H,24,25). The van der Waals surface area contributed by atoms with E-state index in [1.165, 1.54) is 12.1 Å². The Labute approximate surface area is 152 Å². The first kappa shape index (κ1) is 16.8. The molecule has 0 unspecified atom stereocenters. The molecule has 0 bridgehead atoms. The van der Waals surface area contributed by atoms with Crippen LogP contribution in [0.25, 0.3) is 10.8 Å². The molecule has 27 heavy (non-hydrogen) atoms. The molecule has 1 aromatic heterocycles. The van der Waals surface area contributed by atoms with Crippen LogP contribution < -0.4 is 15.0 Å². The third-order valence-corrected chi connectivity index (χ3v) is 4.23. The molecule has 0 fully saturated rings. The molecule has 2 aromatic carbocycles. The van der Waals surface area contributed by atoms with Crippen LogP contribution in [-0.2, 0) is 6.54 Å². The fraction of sp³-hybridized carbons (Fsp3) is 0.158. The Kier molecular flexibility index (Phi) is 4.08. The quantitative estimate of drug-likeness (QED) is 0.701. The number of fused-ring (bicyclic) bond motifs is 2. The number of rotatable bonds is 4. The van der Waals surface area contributed by atoms with E-state index in [1.54, 1.807) is 30.3 Å². The van der Waals surface area contributed by atoms with Crippen LogP contribution in [0.5, 0.6) is 11.5 Å². The second kappa shape index (κ2) is 6.56. The predicted molar refractivity (Wildman–Crippen MR) is 94.7 cm³/mol. The van der Waals surface area contributed by atoms with E-state index >= 15 is 0 Å². The number of carboxylic acid groups (broad SMARTS) is 1. The van der Waals surface area contributed by atoms with Gasteiger partial charge in [0, 0.05) is 10.9 Å². The van der Waals surface area contributed by atoms with Gasteiger partial charge in [0.1, 0.15) is 19.8 Å². The number of carbonyl (C=O) groups is 2. The smallest absolute Gasteiger partial charge is 0.357 e. The van der Waals surface area contributed by atoms with Gasteiger partial charge < -0.3 is 14.6 Å². The second-order valence-corrected chi connectivity index (χ2v) is 5.94. The molecule has 1 aliphatic heterocycles. The first-order valence-electron chi connectivity index (χ1n) is 8.20. The Morgan fingerprint density at radius 2 is 1.74 bits per heavy atom. The van der Waals surface area contributed by atoms with Crippen molar-refractivity contribution >= 4 is 22.5 Å². The number of carbonyl (C=O) groups excluding carboxylic acids is 1. The molecule has 8 nitrogen and oxygen atoms in total. The Balaban J connectivity index is 1.73. The van der Waals surface area contributed by atoms with E-state index in [0.29, 0.717) is 30.3 Å². The van der Waals surface area contributed by atoms with Gasteiger partial charge in [-0.2, -0.15) is 5.10 Å². The maximum absolute atomic E-state index is 12.6. The van der Waals surface area contributed by atoms with Crippen molar-refractivity contribution in [1.82, 2.24) is 9.78 Å². The molecule has 0 atom stereocenters. The third-order valence-electron chi connectivity index (χ3n) is 4.23. The highest BCUT2D eigenvalue weighted by molar-refractivity contribution is 6.01. The lowest BCUT2D eigenvalue weighted by atomic mass is 10.1. The number of nitrogens with zero attached hydrogens (tertiary/aromatic N) is 2. The number of hydrogen-bond donors (Lipinski definition) is 1. The first-order chi connectivity index (χ1) is 13.0. The highest BCUT2D eigenvalue weighted by Crippen LogP contribution is 2.30. The molecule has 4 rings (SSSR count). The average molecular weight is 366 g/mol. The number of aromatic carboxylic acids is 1. The molecule has 136 valence electrons. The van der Waals surface area contributed by atoms with Gasteiger partial charge in [-0.1, -0.05) is 18.2 Å². The lowest BCUT2D eigenvalue weighted by Crippen LogP contribution is -2.29. The minimum Gasteiger partial charge on any atom is -0.486 e. The molecule has 0 saturated heterocycles. The van der Waals surface area contributed by atoms with Gasteiger partial charge in [-0.05, 0) is 24.3 Å². The highest BCUT2D eigenvalue weighted by atomic mass is 16.6. The van der Waals surface area contributed by atoms with Crippen LogP contribution in [0.2, 0.25) is 0 Å². The normalized spacial score (nSPS) is 12.7. The molecule has 0 saturated carbocycles. The van der Waals surface area contributed by atoms with Crippen molar-refractivity contribution in [3.8, 4) is 11.5 Å². The van der Waals surface area contributed by atoms with Crippen LogP contribution in [0, 0.1) is 0 Å². The van der Waals surface area contributed by atoms with Crippen molar-refractivity contribution in [1.29, 1.82) is 0 Å². The molecule has 1 aliphatic rings. The summed E-state index contributed by atoms with van der Waals surface area (Å²) in [4.78, 5) is 36.7. The van der Waals surface area contributed by atoms with E-state index in [9.17, 15) is 19.5 Å². The zero-order chi connectivity index (χ0) is 19.0. The summed E-state index contributed by atoms with van der Waals surface area (Å²) in [5.74, 6) is -0.663. The number of carboxylic acids is 1. The molecule has 0 radical (unpaired) electrons. The number of ether oxygens (including phenoxy) is 2. The van der Waals surface area contributed by atoms with Crippen molar-refractivity contribution in [2.45, 2.75) is 6.54 Å².